The molecule has 0 aromatic rings. The van der Waals surface area contributed by atoms with E-state index in [-0.39, 0.29) is 27.1 Å². The van der Waals surface area contributed by atoms with Gasteiger partial charge < -0.3 is 13.9 Å². The molecule has 3 fully saturated rings. The van der Waals surface area contributed by atoms with Gasteiger partial charge in [-0.1, -0.05) is 26.8 Å². The Morgan fingerprint density at radius 1 is 1.00 bits per heavy atom. The van der Waals surface area contributed by atoms with E-state index in [9.17, 15) is 0 Å². The molecule has 3 atom stereocenters. The van der Waals surface area contributed by atoms with Crippen molar-refractivity contribution in [2.24, 2.45) is 0 Å². The largest absolute Gasteiger partial charge is 0.407 e. The summed E-state index contributed by atoms with van der Waals surface area (Å²) in [5.74, 6) is 5.04. The van der Waals surface area contributed by atoms with Gasteiger partial charge in [-0.15, -0.1) is 47.0 Å². The third-order valence-corrected chi connectivity index (χ3v) is 19.9. The molecular weight excluding hydrogens is 517 g/mol. The Bertz CT molecular complexity index is 741. The quantitative estimate of drug-likeness (QED) is 0.246. The first-order chi connectivity index (χ1) is 15.9. The van der Waals surface area contributed by atoms with E-state index in [0.717, 1.165) is 25.7 Å². The smallest absolute Gasteiger partial charge is 0.193 e. The first-order valence-electron chi connectivity index (χ1n) is 13.1. The van der Waals surface area contributed by atoms with Crippen molar-refractivity contribution >= 4 is 55.4 Å². The van der Waals surface area contributed by atoms with E-state index in [1.54, 1.807) is 0 Å². The van der Waals surface area contributed by atoms with E-state index in [1.165, 1.54) is 47.8 Å². The lowest BCUT2D eigenvalue weighted by molar-refractivity contribution is -0.242. The van der Waals surface area contributed by atoms with Crippen molar-refractivity contribution in [3.63, 3.8) is 0 Å². The number of hydrogen-bond donors (Lipinski definition) is 0. The van der Waals surface area contributed by atoms with E-state index >= 15 is 0 Å². The highest BCUT2D eigenvalue weighted by Gasteiger charge is 2.56. The molecule has 4 rings (SSSR count). The number of allylic oxidation sites excluding steroid dienone is 1. The minimum atomic E-state index is -1.99. The number of thioether (sulfide) groups is 4. The first kappa shape index (κ1) is 28.3. The maximum absolute atomic E-state index is 7.29. The Morgan fingerprint density at radius 3 is 2.15 bits per heavy atom. The summed E-state index contributed by atoms with van der Waals surface area (Å²) in [6.45, 7) is 14.2. The van der Waals surface area contributed by atoms with Gasteiger partial charge in [-0.25, -0.2) is 0 Å². The van der Waals surface area contributed by atoms with Crippen LogP contribution in [0.4, 0.5) is 0 Å². The first-order valence-corrected chi connectivity index (χ1v) is 19.9. The van der Waals surface area contributed by atoms with Crippen molar-refractivity contribution in [2.75, 3.05) is 30.1 Å². The SMILES string of the molecule is CO[C@H]1O[C@](C)([C@H](O[Si](C)(C)C(C)(C)C)C2=CCC3(CC2)SCCCS3)CCC12SCCCS2. The molecule has 0 N–H and O–H groups in total. The third-order valence-electron chi connectivity index (χ3n) is 8.50. The molecule has 1 aliphatic carbocycles. The van der Waals surface area contributed by atoms with Gasteiger partial charge in [0, 0.05) is 7.11 Å². The molecule has 3 nitrogen and oxygen atoms in total. The molecule has 0 aromatic carbocycles. The number of hydrogen-bond acceptors (Lipinski definition) is 7. The third kappa shape index (κ3) is 5.79. The molecule has 3 heterocycles. The van der Waals surface area contributed by atoms with Crippen molar-refractivity contribution < 1.29 is 13.9 Å². The zero-order chi connectivity index (χ0) is 24.7. The van der Waals surface area contributed by atoms with Crippen LogP contribution in [-0.4, -0.2) is 64.6 Å². The van der Waals surface area contributed by atoms with Gasteiger partial charge in [-0.05, 0) is 98.6 Å². The molecule has 34 heavy (non-hydrogen) atoms. The normalized spacial score (nSPS) is 33.0. The van der Waals surface area contributed by atoms with Crippen LogP contribution in [-0.2, 0) is 13.9 Å². The van der Waals surface area contributed by atoms with E-state index in [1.807, 2.05) is 7.11 Å². The fraction of sp³-hybridized carbons (Fsp3) is 0.923. The van der Waals surface area contributed by atoms with Crippen LogP contribution in [0, 0.1) is 0 Å². The topological polar surface area (TPSA) is 27.7 Å². The lowest BCUT2D eigenvalue weighted by Gasteiger charge is -2.54. The van der Waals surface area contributed by atoms with Crippen molar-refractivity contribution in [1.82, 2.24) is 0 Å². The lowest BCUT2D eigenvalue weighted by Crippen LogP contribution is -2.60. The zero-order valence-corrected chi connectivity index (χ0v) is 26.6. The highest BCUT2D eigenvalue weighted by atomic mass is 32.2. The minimum Gasteiger partial charge on any atom is -0.407 e. The van der Waals surface area contributed by atoms with Crippen LogP contribution >= 0.6 is 47.0 Å². The molecule has 4 aliphatic rings. The van der Waals surface area contributed by atoms with Crippen molar-refractivity contribution in [1.29, 1.82) is 0 Å². The second-order valence-electron chi connectivity index (χ2n) is 12.1. The van der Waals surface area contributed by atoms with Crippen LogP contribution in [0.5, 0.6) is 0 Å². The van der Waals surface area contributed by atoms with Gasteiger partial charge in [-0.3, -0.25) is 0 Å². The van der Waals surface area contributed by atoms with Gasteiger partial charge >= 0.3 is 0 Å². The summed E-state index contributed by atoms with van der Waals surface area (Å²) in [7, 11) is -0.162. The molecule has 2 spiro atoms. The fourth-order valence-corrected chi connectivity index (χ4v) is 13.1. The summed E-state index contributed by atoms with van der Waals surface area (Å²) in [5, 5.41) is 0.165. The van der Waals surface area contributed by atoms with Crippen LogP contribution in [0.15, 0.2) is 11.6 Å². The molecular formula is C26H46O3S4Si. The van der Waals surface area contributed by atoms with E-state index in [0.29, 0.717) is 4.08 Å². The Balaban J connectivity index is 1.61. The Labute approximate surface area is 226 Å². The summed E-state index contributed by atoms with van der Waals surface area (Å²) in [6.07, 6.45) is 10.7. The molecule has 0 amide bonds. The summed E-state index contributed by atoms with van der Waals surface area (Å²) >= 11 is 8.52. The van der Waals surface area contributed by atoms with Crippen LogP contribution in [0.2, 0.25) is 18.1 Å². The molecule has 0 radical (unpaired) electrons. The van der Waals surface area contributed by atoms with Gasteiger partial charge in [0.1, 0.15) is 4.08 Å². The van der Waals surface area contributed by atoms with E-state index in [2.05, 4.69) is 93.9 Å². The molecule has 0 saturated carbocycles. The average molecular weight is 563 g/mol. The van der Waals surface area contributed by atoms with Crippen molar-refractivity contribution in [3.05, 3.63) is 11.6 Å². The monoisotopic (exact) mass is 562 g/mol. The molecule has 196 valence electrons. The van der Waals surface area contributed by atoms with Gasteiger partial charge in [0.2, 0.25) is 0 Å². The summed E-state index contributed by atoms with van der Waals surface area (Å²) in [4.78, 5) is 0. The number of ether oxygens (including phenoxy) is 2. The van der Waals surface area contributed by atoms with Gasteiger partial charge in [-0.2, -0.15) is 0 Å². The Hall–Kier alpha value is 1.24. The van der Waals surface area contributed by atoms with Crippen LogP contribution in [0.25, 0.3) is 0 Å². The van der Waals surface area contributed by atoms with E-state index in [4.69, 9.17) is 13.9 Å². The summed E-state index contributed by atoms with van der Waals surface area (Å²) in [6, 6.07) is 0. The second kappa shape index (κ2) is 10.8. The number of methoxy groups -OCH3 is 1. The predicted octanol–water partition coefficient (Wildman–Crippen LogP) is 8.16. The maximum atomic E-state index is 7.29. The molecule has 3 saturated heterocycles. The highest BCUT2D eigenvalue weighted by Crippen LogP contribution is 2.57. The predicted molar refractivity (Wildman–Crippen MR) is 158 cm³/mol. The Morgan fingerprint density at radius 2 is 1.62 bits per heavy atom. The fourth-order valence-electron chi connectivity index (χ4n) is 5.23. The second-order valence-corrected chi connectivity index (χ2v) is 23.1. The summed E-state index contributed by atoms with van der Waals surface area (Å²) < 4.78 is 20.8. The molecule has 3 aliphatic heterocycles. The summed E-state index contributed by atoms with van der Waals surface area (Å²) in [5.41, 5.74) is 1.13. The molecule has 0 bridgehead atoms. The standard InChI is InChI=1S/C26H46O3S4Si/c1-23(2,3)34(6,7)29-21(20-10-12-25(13-11-20)30-16-8-17-31-25)24(4)14-15-26(22(27-5)28-24)32-18-9-19-33-26/h10,21-22H,8-9,11-19H2,1-7H3/t21-,22+,24+/m1/s1. The molecule has 8 heteroatoms. The zero-order valence-electron chi connectivity index (χ0n) is 22.4. The van der Waals surface area contributed by atoms with Gasteiger partial charge in [0.05, 0.1) is 15.8 Å². The van der Waals surface area contributed by atoms with Gasteiger partial charge in [0.25, 0.3) is 0 Å². The van der Waals surface area contributed by atoms with Gasteiger partial charge in [0.15, 0.2) is 14.6 Å². The van der Waals surface area contributed by atoms with Crippen LogP contribution < -0.4 is 0 Å². The van der Waals surface area contributed by atoms with Crippen molar-refractivity contribution in [3.8, 4) is 0 Å². The number of rotatable bonds is 5. The highest BCUT2D eigenvalue weighted by molar-refractivity contribution is 8.19. The molecule has 0 aromatic heterocycles. The van der Waals surface area contributed by atoms with E-state index < -0.39 is 8.32 Å². The average Bonchev–Trinajstić information content (AvgIpc) is 2.81. The van der Waals surface area contributed by atoms with Crippen LogP contribution in [0.1, 0.15) is 72.6 Å². The van der Waals surface area contributed by atoms with Crippen LogP contribution in [0.3, 0.4) is 0 Å². The van der Waals surface area contributed by atoms with Crippen molar-refractivity contribution in [2.45, 2.75) is 117 Å². The Kier molecular flexibility index (Phi) is 8.96. The lowest BCUT2D eigenvalue weighted by atomic mass is 9.81. The molecule has 0 unspecified atom stereocenters. The minimum absolute atomic E-state index is 0.0120. The maximum Gasteiger partial charge on any atom is 0.193 e.